The van der Waals surface area contributed by atoms with E-state index >= 15 is 0 Å². The Morgan fingerprint density at radius 3 is 2.48 bits per heavy atom. The quantitative estimate of drug-likeness (QED) is 0.0892. The van der Waals surface area contributed by atoms with E-state index in [1.165, 1.54) is 6.92 Å². The Balaban J connectivity index is 1.95. The summed E-state index contributed by atoms with van der Waals surface area (Å²) in [5.41, 5.74) is 3.44. The topological polar surface area (TPSA) is 107 Å². The SMILES string of the molecule is CCOC(=O)C(C)OP(=O)(CC(C)=CCc1c(OC)c(C)c2c(c1OCC[Si](C)(C)C)C(=O)OC2)Oc1ccccc1. The van der Waals surface area contributed by atoms with Gasteiger partial charge in [-0.25, -0.2) is 14.2 Å². The summed E-state index contributed by atoms with van der Waals surface area (Å²) in [4.78, 5) is 25.1. The van der Waals surface area contributed by atoms with E-state index in [1.807, 2.05) is 26.0 Å². The molecule has 1 aliphatic rings. The Morgan fingerprint density at radius 2 is 1.86 bits per heavy atom. The fourth-order valence-corrected chi connectivity index (χ4v) is 7.20. The molecule has 9 nitrogen and oxygen atoms in total. The van der Waals surface area contributed by atoms with Crippen molar-refractivity contribution in [2.24, 2.45) is 0 Å². The molecule has 0 saturated carbocycles. The fourth-order valence-electron chi connectivity index (χ4n) is 4.55. The van der Waals surface area contributed by atoms with E-state index in [9.17, 15) is 14.2 Å². The third-order valence-electron chi connectivity index (χ3n) is 6.75. The smallest absolute Gasteiger partial charge is 0.384 e. The molecular weight excluding hydrogens is 575 g/mol. The summed E-state index contributed by atoms with van der Waals surface area (Å²) < 4.78 is 48.1. The van der Waals surface area contributed by atoms with Gasteiger partial charge in [-0.2, -0.15) is 0 Å². The maximum atomic E-state index is 14.0. The lowest BCUT2D eigenvalue weighted by Gasteiger charge is -2.23. The van der Waals surface area contributed by atoms with Gasteiger partial charge < -0.3 is 23.5 Å². The van der Waals surface area contributed by atoms with Gasteiger partial charge in [-0.05, 0) is 57.9 Å². The minimum Gasteiger partial charge on any atom is -0.496 e. The highest BCUT2D eigenvalue weighted by molar-refractivity contribution is 7.54. The molecule has 0 fully saturated rings. The van der Waals surface area contributed by atoms with Crippen LogP contribution in [0.15, 0.2) is 42.0 Å². The van der Waals surface area contributed by atoms with Crippen molar-refractivity contribution in [2.75, 3.05) is 26.5 Å². The molecule has 1 aliphatic heterocycles. The number of cyclic esters (lactones) is 1. The molecular formula is C31H43O9PSi. The number of para-hydroxylation sites is 1. The summed E-state index contributed by atoms with van der Waals surface area (Å²) in [7, 11) is -3.67. The van der Waals surface area contributed by atoms with Crippen LogP contribution in [0.5, 0.6) is 17.2 Å². The molecule has 0 aromatic heterocycles. The second-order valence-corrected chi connectivity index (χ2v) is 19.0. The number of methoxy groups -OCH3 is 1. The van der Waals surface area contributed by atoms with E-state index in [2.05, 4.69) is 19.6 Å². The van der Waals surface area contributed by atoms with Crippen molar-refractivity contribution >= 4 is 27.6 Å². The van der Waals surface area contributed by atoms with E-state index < -0.39 is 33.7 Å². The molecule has 0 amide bonds. The summed E-state index contributed by atoms with van der Waals surface area (Å²) in [6.45, 7) is 14.5. The molecule has 2 atom stereocenters. The summed E-state index contributed by atoms with van der Waals surface area (Å²) in [5, 5.41) is 0. The van der Waals surface area contributed by atoms with E-state index in [4.69, 9.17) is 28.0 Å². The van der Waals surface area contributed by atoms with Crippen LogP contribution in [-0.2, 0) is 36.4 Å². The van der Waals surface area contributed by atoms with Gasteiger partial charge in [0.2, 0.25) is 0 Å². The lowest BCUT2D eigenvalue weighted by molar-refractivity contribution is -0.150. The summed E-state index contributed by atoms with van der Waals surface area (Å²) in [5.74, 6) is 0.407. The fraction of sp³-hybridized carbons (Fsp3) is 0.484. The first-order valence-corrected chi connectivity index (χ1v) is 19.6. The number of carbonyl (C=O) groups excluding carboxylic acids is 2. The van der Waals surface area contributed by atoms with Crippen LogP contribution in [0, 0.1) is 6.92 Å². The molecule has 0 spiro atoms. The minimum atomic E-state index is -3.85. The highest BCUT2D eigenvalue weighted by Crippen LogP contribution is 2.51. The number of allylic oxidation sites excluding steroid dienone is 2. The van der Waals surface area contributed by atoms with Crippen molar-refractivity contribution in [2.45, 2.75) is 72.5 Å². The van der Waals surface area contributed by atoms with Crippen LogP contribution in [0.1, 0.15) is 47.8 Å². The van der Waals surface area contributed by atoms with Crippen LogP contribution >= 0.6 is 7.60 Å². The van der Waals surface area contributed by atoms with Crippen LogP contribution in [0.3, 0.4) is 0 Å². The van der Waals surface area contributed by atoms with Crippen LogP contribution < -0.4 is 14.0 Å². The zero-order valence-corrected chi connectivity index (χ0v) is 27.8. The van der Waals surface area contributed by atoms with Crippen molar-refractivity contribution in [3.8, 4) is 17.2 Å². The molecule has 1 heterocycles. The molecule has 3 rings (SSSR count). The second-order valence-electron chi connectivity index (χ2n) is 11.5. The van der Waals surface area contributed by atoms with Gasteiger partial charge in [-0.15, -0.1) is 0 Å². The summed E-state index contributed by atoms with van der Waals surface area (Å²) in [6, 6.07) is 9.59. The highest BCUT2D eigenvalue weighted by Gasteiger charge is 2.35. The van der Waals surface area contributed by atoms with Crippen molar-refractivity contribution in [3.05, 3.63) is 64.2 Å². The van der Waals surface area contributed by atoms with Gasteiger partial charge in [0.1, 0.15) is 29.4 Å². The maximum absolute atomic E-state index is 14.0. The predicted molar refractivity (Wildman–Crippen MR) is 165 cm³/mol. The lowest BCUT2D eigenvalue weighted by atomic mass is 9.95. The number of hydrogen-bond acceptors (Lipinski definition) is 9. The molecule has 2 unspecified atom stereocenters. The van der Waals surface area contributed by atoms with Gasteiger partial charge in [0.15, 0.2) is 6.10 Å². The average Bonchev–Trinajstić information content (AvgIpc) is 3.30. The van der Waals surface area contributed by atoms with Crippen molar-refractivity contribution in [3.63, 3.8) is 0 Å². The Hall–Kier alpha value is -3.07. The molecule has 0 bridgehead atoms. The van der Waals surface area contributed by atoms with Gasteiger partial charge in [0.05, 0.1) is 26.5 Å². The number of fused-ring (bicyclic) bond motifs is 1. The predicted octanol–water partition coefficient (Wildman–Crippen LogP) is 7.12. The zero-order valence-electron chi connectivity index (χ0n) is 25.9. The minimum absolute atomic E-state index is 0.0776. The first kappa shape index (κ1) is 33.4. The Kier molecular flexibility index (Phi) is 11.5. The number of hydrogen-bond donors (Lipinski definition) is 0. The van der Waals surface area contributed by atoms with Crippen LogP contribution in [0.2, 0.25) is 25.7 Å². The second kappa shape index (κ2) is 14.4. The third kappa shape index (κ3) is 8.72. The van der Waals surface area contributed by atoms with Gasteiger partial charge >= 0.3 is 19.5 Å². The van der Waals surface area contributed by atoms with E-state index in [0.29, 0.717) is 47.0 Å². The molecule has 0 N–H and O–H groups in total. The molecule has 230 valence electrons. The molecule has 0 radical (unpaired) electrons. The van der Waals surface area contributed by atoms with Gasteiger partial charge in [0, 0.05) is 19.2 Å². The van der Waals surface area contributed by atoms with Crippen LogP contribution in [0.25, 0.3) is 0 Å². The molecule has 2 aromatic rings. The maximum Gasteiger partial charge on any atom is 0.384 e. The molecule has 0 aliphatic carbocycles. The Morgan fingerprint density at radius 1 is 1.17 bits per heavy atom. The van der Waals surface area contributed by atoms with Crippen molar-refractivity contribution < 1.29 is 42.1 Å². The lowest BCUT2D eigenvalue weighted by Crippen LogP contribution is -2.24. The van der Waals surface area contributed by atoms with E-state index in [1.54, 1.807) is 38.3 Å². The molecule has 2 aromatic carbocycles. The largest absolute Gasteiger partial charge is 0.496 e. The first-order valence-electron chi connectivity index (χ1n) is 14.1. The molecule has 0 saturated heterocycles. The Bertz CT molecular complexity index is 1350. The van der Waals surface area contributed by atoms with Crippen LogP contribution in [-0.4, -0.2) is 52.6 Å². The standard InChI is InChI=1S/C31H43O9PSi/c1-9-36-30(32)23(4)39-41(34,40-24-13-11-10-12-14-24)20-21(2)15-16-25-28(35-5)22(3)26-19-38-31(33)27(26)29(25)37-17-18-42(6,7)8/h10-15,23H,9,16-20H2,1-8H3. The van der Waals surface area contributed by atoms with E-state index in [-0.39, 0.29) is 19.4 Å². The number of ether oxygens (including phenoxy) is 4. The summed E-state index contributed by atoms with van der Waals surface area (Å²) >= 11 is 0. The highest BCUT2D eigenvalue weighted by atomic mass is 31.2. The third-order valence-corrected chi connectivity index (χ3v) is 10.5. The van der Waals surface area contributed by atoms with Crippen molar-refractivity contribution in [1.29, 1.82) is 0 Å². The first-order chi connectivity index (χ1) is 19.8. The number of benzene rings is 2. The van der Waals surface area contributed by atoms with Crippen LogP contribution in [0.4, 0.5) is 0 Å². The number of rotatable bonds is 15. The molecule has 11 heteroatoms. The molecule has 42 heavy (non-hydrogen) atoms. The van der Waals surface area contributed by atoms with Gasteiger partial charge in [0.25, 0.3) is 0 Å². The number of carbonyl (C=O) groups is 2. The average molecular weight is 619 g/mol. The van der Waals surface area contributed by atoms with Gasteiger partial charge in [-0.3, -0.25) is 4.52 Å². The van der Waals surface area contributed by atoms with Crippen molar-refractivity contribution in [1.82, 2.24) is 0 Å². The van der Waals surface area contributed by atoms with E-state index in [0.717, 1.165) is 17.2 Å². The summed E-state index contributed by atoms with van der Waals surface area (Å²) in [6.07, 6.45) is 1.04. The van der Waals surface area contributed by atoms with Gasteiger partial charge in [-0.1, -0.05) is 49.5 Å². The Labute approximate surface area is 250 Å². The number of esters is 2. The normalized spacial score (nSPS) is 15.3. The zero-order chi connectivity index (χ0) is 31.1. The monoisotopic (exact) mass is 618 g/mol.